The molecule has 7 atom stereocenters. The van der Waals surface area contributed by atoms with Crippen LogP contribution in [0.4, 0.5) is 5.82 Å². The number of anilines is 1. The summed E-state index contributed by atoms with van der Waals surface area (Å²) in [6.45, 7) is 5.21. The molecule has 0 spiro atoms. The predicted octanol–water partition coefficient (Wildman–Crippen LogP) is 2.89. The Morgan fingerprint density at radius 1 is 1.02 bits per heavy atom. The second-order valence-corrected chi connectivity index (χ2v) is 12.6. The number of allylic oxidation sites excluding steroid dienone is 1. The summed E-state index contributed by atoms with van der Waals surface area (Å²) in [4.78, 5) is 51.3. The van der Waals surface area contributed by atoms with Crippen LogP contribution in [-0.4, -0.2) is 99.2 Å². The highest BCUT2D eigenvalue weighted by molar-refractivity contribution is 5.83. The fourth-order valence-corrected chi connectivity index (χ4v) is 7.81. The average Bonchev–Trinajstić information content (AvgIpc) is 3.58. The molecule has 45 heavy (non-hydrogen) atoms. The molecule has 6 unspecified atom stereocenters. The van der Waals surface area contributed by atoms with Crippen molar-refractivity contribution >= 4 is 35.3 Å². The molecular weight excluding hydrogens is 588 g/mol. The Labute approximate surface area is 261 Å². The first-order valence-electron chi connectivity index (χ1n) is 15.8. The number of rotatable bonds is 12. The molecule has 2 fully saturated rings. The predicted molar refractivity (Wildman–Crippen MR) is 159 cm³/mol. The first-order valence-corrected chi connectivity index (χ1v) is 15.8. The van der Waals surface area contributed by atoms with Crippen molar-refractivity contribution in [1.82, 2.24) is 14.7 Å². The summed E-state index contributed by atoms with van der Waals surface area (Å²) in [6.07, 6.45) is 0.475. The third-order valence-electron chi connectivity index (χ3n) is 9.70. The molecule has 4 heterocycles. The lowest BCUT2D eigenvalue weighted by Crippen LogP contribution is -2.55. The zero-order valence-corrected chi connectivity index (χ0v) is 26.1. The number of fused-ring (bicyclic) bond motifs is 2. The summed E-state index contributed by atoms with van der Waals surface area (Å²) in [6, 6.07) is 0. The zero-order chi connectivity index (χ0) is 32.4. The van der Waals surface area contributed by atoms with Crippen molar-refractivity contribution in [2.75, 3.05) is 32.1 Å². The molecule has 4 aliphatic rings. The van der Waals surface area contributed by atoms with Gasteiger partial charge in [-0.25, -0.2) is 0 Å². The monoisotopic (exact) mass is 632 g/mol. The van der Waals surface area contributed by atoms with E-state index in [2.05, 4.69) is 17.1 Å². The highest BCUT2D eigenvalue weighted by Crippen LogP contribution is 2.48. The molecule has 14 nitrogen and oxygen atoms in total. The van der Waals surface area contributed by atoms with Crippen LogP contribution in [0, 0.1) is 17.8 Å². The fraction of sp³-hybridized carbons (Fsp3) is 0.710. The number of nitrogens with zero attached hydrogens (tertiary/aromatic N) is 3. The molecule has 248 valence electrons. The molecule has 1 aliphatic carbocycles. The van der Waals surface area contributed by atoms with Crippen LogP contribution in [0.25, 0.3) is 5.57 Å². The third-order valence-corrected chi connectivity index (χ3v) is 9.70. The standard InChI is InChI=1S/C31H44N4O10/c1-4-10-35-11-9-16(15-35)27-25-17-7-5-6-8-18(17)29(32-28(25)34(2)33-27)45-31-26(30(42)43-3)20(13-23(38)39)19(12-22(36)37)21(44-31)14-24(40)41/h16,19-21,26,29,31-32H,4-15H2,1-3H3,(H,36,37)(H,38,39)(H,40,41)/t16-,19?,20?,21?,26?,29?,31?/m0/s1. The van der Waals surface area contributed by atoms with Gasteiger partial charge < -0.3 is 39.7 Å². The number of aliphatic carboxylic acids is 3. The Morgan fingerprint density at radius 2 is 1.71 bits per heavy atom. The summed E-state index contributed by atoms with van der Waals surface area (Å²) < 4.78 is 19.5. The number of methoxy groups -OCH3 is 1. The highest BCUT2D eigenvalue weighted by atomic mass is 16.7. The van der Waals surface area contributed by atoms with Crippen LogP contribution in [0.1, 0.15) is 81.9 Å². The first kappa shape index (κ1) is 32.9. The van der Waals surface area contributed by atoms with Gasteiger partial charge >= 0.3 is 23.9 Å². The number of hydrogen-bond acceptors (Lipinski definition) is 10. The van der Waals surface area contributed by atoms with Crippen molar-refractivity contribution in [1.29, 1.82) is 0 Å². The summed E-state index contributed by atoms with van der Waals surface area (Å²) in [5, 5.41) is 37.5. The topological polar surface area (TPSA) is 190 Å². The van der Waals surface area contributed by atoms with E-state index in [9.17, 15) is 34.5 Å². The van der Waals surface area contributed by atoms with Gasteiger partial charge in [-0.3, -0.25) is 23.9 Å². The van der Waals surface area contributed by atoms with Crippen LogP contribution in [-0.2, 0) is 40.4 Å². The van der Waals surface area contributed by atoms with Crippen LogP contribution in [0.15, 0.2) is 5.57 Å². The summed E-state index contributed by atoms with van der Waals surface area (Å²) in [7, 11) is 3.03. The van der Waals surface area contributed by atoms with Crippen molar-refractivity contribution in [3.63, 3.8) is 0 Å². The van der Waals surface area contributed by atoms with Gasteiger partial charge in [-0.05, 0) is 68.7 Å². The lowest BCUT2D eigenvalue weighted by Gasteiger charge is -2.46. The van der Waals surface area contributed by atoms with Gasteiger partial charge in [-0.15, -0.1) is 0 Å². The van der Waals surface area contributed by atoms with E-state index >= 15 is 0 Å². The summed E-state index contributed by atoms with van der Waals surface area (Å²) >= 11 is 0. The number of carbonyl (C=O) groups is 4. The molecule has 0 amide bonds. The Hall–Kier alpha value is -3.49. The van der Waals surface area contributed by atoms with Crippen molar-refractivity contribution in [2.45, 2.75) is 89.3 Å². The maximum absolute atomic E-state index is 13.2. The number of likely N-dealkylation sites (tertiary alicyclic amines) is 1. The highest BCUT2D eigenvalue weighted by Gasteiger charge is 2.53. The van der Waals surface area contributed by atoms with Crippen LogP contribution in [0.2, 0.25) is 0 Å². The molecule has 0 radical (unpaired) electrons. The Morgan fingerprint density at radius 3 is 2.38 bits per heavy atom. The number of carbonyl (C=O) groups excluding carboxylic acids is 1. The maximum atomic E-state index is 13.2. The fourth-order valence-electron chi connectivity index (χ4n) is 7.81. The Kier molecular flexibility index (Phi) is 10.1. The van der Waals surface area contributed by atoms with E-state index in [0.717, 1.165) is 93.5 Å². The number of carboxylic acids is 3. The molecule has 14 heteroatoms. The number of carboxylic acid groups (broad SMARTS) is 3. The maximum Gasteiger partial charge on any atom is 0.314 e. The van der Waals surface area contributed by atoms with Crippen molar-refractivity contribution in [3.8, 4) is 0 Å². The number of esters is 1. The molecule has 2 saturated heterocycles. The van der Waals surface area contributed by atoms with Gasteiger partial charge in [0.15, 0.2) is 12.5 Å². The summed E-state index contributed by atoms with van der Waals surface area (Å²) in [5.41, 5.74) is 4.30. The second-order valence-electron chi connectivity index (χ2n) is 12.6. The number of nitrogens with one attached hydrogen (secondary N) is 1. The van der Waals surface area contributed by atoms with Gasteiger partial charge in [0, 0.05) is 37.4 Å². The Bertz CT molecular complexity index is 1340. The van der Waals surface area contributed by atoms with E-state index < -0.39 is 79.5 Å². The summed E-state index contributed by atoms with van der Waals surface area (Å²) in [5.74, 6) is -6.99. The molecule has 0 saturated carbocycles. The smallest absolute Gasteiger partial charge is 0.314 e. The number of aryl methyl sites for hydroxylation is 1. The molecule has 4 N–H and O–H groups in total. The molecule has 0 aromatic carbocycles. The van der Waals surface area contributed by atoms with Crippen molar-refractivity contribution < 1.29 is 48.7 Å². The van der Waals surface area contributed by atoms with Gasteiger partial charge in [-0.1, -0.05) is 6.92 Å². The second kappa shape index (κ2) is 13.9. The molecule has 1 aromatic rings. The Balaban J connectivity index is 1.51. The average molecular weight is 633 g/mol. The van der Waals surface area contributed by atoms with Crippen LogP contribution in [0.3, 0.4) is 0 Å². The lowest BCUT2D eigenvalue weighted by atomic mass is 9.71. The van der Waals surface area contributed by atoms with E-state index in [1.165, 1.54) is 0 Å². The van der Waals surface area contributed by atoms with E-state index in [1.54, 1.807) is 0 Å². The molecule has 0 bridgehead atoms. The van der Waals surface area contributed by atoms with Gasteiger partial charge in [-0.2, -0.15) is 5.10 Å². The minimum absolute atomic E-state index is 0.298. The SMILES string of the molecule is CCCN1CC[C@H](c2nn(C)c3c2C2=C(CCCC2)C(OC2OC(CC(=O)O)C(CC(=O)O)C(CC(=O)O)C2C(=O)OC)N3)C1. The zero-order valence-electron chi connectivity index (χ0n) is 26.1. The molecule has 5 rings (SSSR count). The van der Waals surface area contributed by atoms with E-state index in [-0.39, 0.29) is 0 Å². The van der Waals surface area contributed by atoms with Crippen molar-refractivity contribution in [3.05, 3.63) is 16.8 Å². The van der Waals surface area contributed by atoms with Crippen LogP contribution >= 0.6 is 0 Å². The van der Waals surface area contributed by atoms with E-state index in [4.69, 9.17) is 19.3 Å². The van der Waals surface area contributed by atoms with Gasteiger partial charge in [0.05, 0.1) is 31.7 Å². The lowest BCUT2D eigenvalue weighted by molar-refractivity contribution is -0.266. The molecule has 1 aromatic heterocycles. The number of aromatic nitrogens is 2. The van der Waals surface area contributed by atoms with E-state index in [1.807, 2.05) is 11.7 Å². The number of hydrogen-bond donors (Lipinski definition) is 4. The molecule has 3 aliphatic heterocycles. The van der Waals surface area contributed by atoms with Crippen molar-refractivity contribution in [2.24, 2.45) is 24.8 Å². The first-order chi connectivity index (χ1) is 21.5. The van der Waals surface area contributed by atoms with Crippen LogP contribution < -0.4 is 5.32 Å². The quantitative estimate of drug-likeness (QED) is 0.246. The largest absolute Gasteiger partial charge is 0.481 e. The normalized spacial score (nSPS) is 29.9. The van der Waals surface area contributed by atoms with Gasteiger partial charge in [0.1, 0.15) is 11.7 Å². The number of ether oxygens (including phenoxy) is 3. The van der Waals surface area contributed by atoms with Gasteiger partial charge in [0.2, 0.25) is 0 Å². The minimum Gasteiger partial charge on any atom is -0.481 e. The van der Waals surface area contributed by atoms with E-state index in [0.29, 0.717) is 5.92 Å². The molecular formula is C31H44N4O10. The van der Waals surface area contributed by atoms with Gasteiger partial charge in [0.25, 0.3) is 0 Å². The third kappa shape index (κ3) is 6.87. The van der Waals surface area contributed by atoms with Crippen LogP contribution in [0.5, 0.6) is 0 Å². The minimum atomic E-state index is -1.39.